The molecule has 0 radical (unpaired) electrons. The number of likely N-dealkylation sites (tertiary alicyclic amines) is 1. The number of carbonyl (C=O) groups excluding carboxylic acids is 1. The maximum absolute atomic E-state index is 12.8. The van der Waals surface area contributed by atoms with Crippen LogP contribution in [0, 0.1) is 5.92 Å². The van der Waals surface area contributed by atoms with Gasteiger partial charge in [-0.15, -0.1) is 0 Å². The fourth-order valence-corrected chi connectivity index (χ4v) is 3.80. The van der Waals surface area contributed by atoms with Crippen LogP contribution in [-0.2, 0) is 4.79 Å². The molecule has 0 aromatic carbocycles. The molecule has 0 bridgehead atoms. The van der Waals surface area contributed by atoms with E-state index in [1.165, 1.54) is 0 Å². The third-order valence-electron chi connectivity index (χ3n) is 5.16. The zero-order valence-electron chi connectivity index (χ0n) is 14.9. The summed E-state index contributed by atoms with van der Waals surface area (Å²) in [5.41, 5.74) is -0.671. The van der Waals surface area contributed by atoms with Gasteiger partial charge < -0.3 is 14.9 Å². The van der Waals surface area contributed by atoms with Gasteiger partial charge in [0, 0.05) is 44.2 Å². The van der Waals surface area contributed by atoms with Crippen LogP contribution in [0.4, 0.5) is 0 Å². The largest absolute Gasteiger partial charge is 0.389 e. The molecule has 2 aliphatic heterocycles. The van der Waals surface area contributed by atoms with Crippen LogP contribution in [0.5, 0.6) is 0 Å². The number of piperazine rings is 1. The van der Waals surface area contributed by atoms with Crippen LogP contribution in [0.3, 0.4) is 0 Å². The average Bonchev–Trinajstić information content (AvgIpc) is 2.39. The summed E-state index contributed by atoms with van der Waals surface area (Å²) in [6.07, 6.45) is 1.96. The Bertz CT molecular complexity index is 394. The fourth-order valence-electron chi connectivity index (χ4n) is 3.80. The van der Waals surface area contributed by atoms with E-state index >= 15 is 0 Å². The molecule has 0 aromatic rings. The van der Waals surface area contributed by atoms with E-state index in [1.807, 2.05) is 13.8 Å². The Morgan fingerprint density at radius 1 is 1.18 bits per heavy atom. The molecule has 0 spiro atoms. The molecule has 2 fully saturated rings. The number of nitrogens with zero attached hydrogens (tertiary/aromatic N) is 3. The molecule has 5 heteroatoms. The molecular formula is C17H33N3O2. The van der Waals surface area contributed by atoms with Crippen molar-refractivity contribution in [1.82, 2.24) is 14.7 Å². The van der Waals surface area contributed by atoms with Crippen molar-refractivity contribution in [3.8, 4) is 0 Å². The molecule has 0 aromatic heterocycles. The summed E-state index contributed by atoms with van der Waals surface area (Å²) in [6, 6.07) is 0.730. The predicted molar refractivity (Wildman–Crippen MR) is 88.7 cm³/mol. The third-order valence-corrected chi connectivity index (χ3v) is 5.16. The zero-order chi connectivity index (χ0) is 16.5. The molecular weight excluding hydrogens is 278 g/mol. The molecule has 0 saturated carbocycles. The van der Waals surface area contributed by atoms with Crippen LogP contribution in [-0.4, -0.2) is 83.2 Å². The standard InChI is InChI=1S/C17H33N3O2/c1-13-10-15(6-7-18(13)5)16(21)20-9-8-19(11-14(20)2)12-17(3,4)22/h13-15,22H,6-12H2,1-5H3/t13-,14+,15-/m0/s1. The number of β-amino-alcohol motifs (C(OH)–C–C–N with tert-alkyl or cyclic N) is 1. The van der Waals surface area contributed by atoms with Gasteiger partial charge in [0.05, 0.1) is 5.60 Å². The molecule has 5 nitrogen and oxygen atoms in total. The summed E-state index contributed by atoms with van der Waals surface area (Å²) >= 11 is 0. The van der Waals surface area contributed by atoms with E-state index in [9.17, 15) is 9.90 Å². The van der Waals surface area contributed by atoms with E-state index in [0.29, 0.717) is 18.5 Å². The van der Waals surface area contributed by atoms with Crippen molar-refractivity contribution in [2.75, 3.05) is 39.8 Å². The number of carbonyl (C=O) groups is 1. The number of amides is 1. The Kier molecular flexibility index (Phi) is 5.51. The highest BCUT2D eigenvalue weighted by atomic mass is 16.3. The van der Waals surface area contributed by atoms with Crippen LogP contribution in [0.15, 0.2) is 0 Å². The summed E-state index contributed by atoms with van der Waals surface area (Å²) in [5, 5.41) is 9.96. The minimum atomic E-state index is -0.671. The minimum Gasteiger partial charge on any atom is -0.389 e. The first-order valence-corrected chi connectivity index (χ1v) is 8.63. The van der Waals surface area contributed by atoms with Gasteiger partial charge in [-0.05, 0) is 54.1 Å². The van der Waals surface area contributed by atoms with Gasteiger partial charge in [-0.1, -0.05) is 0 Å². The van der Waals surface area contributed by atoms with Crippen molar-refractivity contribution in [3.63, 3.8) is 0 Å². The van der Waals surface area contributed by atoms with Gasteiger partial charge in [0.15, 0.2) is 0 Å². The molecule has 22 heavy (non-hydrogen) atoms. The van der Waals surface area contributed by atoms with Gasteiger partial charge in [0.1, 0.15) is 0 Å². The lowest BCUT2D eigenvalue weighted by atomic mass is 9.90. The summed E-state index contributed by atoms with van der Waals surface area (Å²) in [6.45, 7) is 12.2. The maximum Gasteiger partial charge on any atom is 0.226 e. The van der Waals surface area contributed by atoms with Crippen molar-refractivity contribution >= 4 is 5.91 Å². The highest BCUT2D eigenvalue weighted by Gasteiger charge is 2.35. The lowest BCUT2D eigenvalue weighted by Crippen LogP contribution is -2.58. The van der Waals surface area contributed by atoms with Gasteiger partial charge in [0.25, 0.3) is 0 Å². The molecule has 2 saturated heterocycles. The van der Waals surface area contributed by atoms with E-state index in [0.717, 1.165) is 39.0 Å². The number of hydrogen-bond acceptors (Lipinski definition) is 4. The first-order chi connectivity index (χ1) is 10.2. The summed E-state index contributed by atoms with van der Waals surface area (Å²) in [4.78, 5) is 19.5. The number of piperidine rings is 1. The smallest absolute Gasteiger partial charge is 0.226 e. The molecule has 3 atom stereocenters. The van der Waals surface area contributed by atoms with Crippen molar-refractivity contribution in [3.05, 3.63) is 0 Å². The Morgan fingerprint density at radius 2 is 1.86 bits per heavy atom. The lowest BCUT2D eigenvalue weighted by Gasteiger charge is -2.44. The highest BCUT2D eigenvalue weighted by molar-refractivity contribution is 5.79. The van der Waals surface area contributed by atoms with Crippen molar-refractivity contribution in [2.45, 2.75) is 58.2 Å². The van der Waals surface area contributed by atoms with Crippen LogP contribution in [0.2, 0.25) is 0 Å². The first kappa shape index (κ1) is 17.7. The molecule has 2 aliphatic rings. The second-order valence-electron chi connectivity index (χ2n) is 7.98. The van der Waals surface area contributed by atoms with Crippen molar-refractivity contribution < 1.29 is 9.90 Å². The van der Waals surface area contributed by atoms with Crippen molar-refractivity contribution in [2.24, 2.45) is 5.92 Å². The van der Waals surface area contributed by atoms with Crippen LogP contribution >= 0.6 is 0 Å². The van der Waals surface area contributed by atoms with E-state index in [4.69, 9.17) is 0 Å². The number of rotatable bonds is 3. The van der Waals surface area contributed by atoms with Gasteiger partial charge in [-0.2, -0.15) is 0 Å². The highest BCUT2D eigenvalue weighted by Crippen LogP contribution is 2.25. The Labute approximate surface area is 135 Å². The summed E-state index contributed by atoms with van der Waals surface area (Å²) < 4.78 is 0. The Balaban J connectivity index is 1.90. The van der Waals surface area contributed by atoms with E-state index in [2.05, 4.69) is 35.6 Å². The number of hydrogen-bond donors (Lipinski definition) is 1. The quantitative estimate of drug-likeness (QED) is 0.845. The monoisotopic (exact) mass is 311 g/mol. The van der Waals surface area contributed by atoms with Crippen molar-refractivity contribution in [1.29, 1.82) is 0 Å². The van der Waals surface area contributed by atoms with E-state index in [1.54, 1.807) is 0 Å². The maximum atomic E-state index is 12.8. The topological polar surface area (TPSA) is 47.0 Å². The molecule has 1 amide bonds. The predicted octanol–water partition coefficient (Wildman–Crippen LogP) is 1.02. The van der Waals surface area contributed by atoms with Gasteiger partial charge in [0.2, 0.25) is 5.91 Å². The molecule has 2 rings (SSSR count). The van der Waals surface area contributed by atoms with E-state index in [-0.39, 0.29) is 12.0 Å². The summed E-state index contributed by atoms with van der Waals surface area (Å²) in [5.74, 6) is 0.532. The first-order valence-electron chi connectivity index (χ1n) is 8.63. The number of aliphatic hydroxyl groups is 1. The second-order valence-corrected chi connectivity index (χ2v) is 7.98. The average molecular weight is 311 g/mol. The zero-order valence-corrected chi connectivity index (χ0v) is 14.9. The third kappa shape index (κ3) is 4.43. The van der Waals surface area contributed by atoms with Gasteiger partial charge >= 0.3 is 0 Å². The van der Waals surface area contributed by atoms with Crippen LogP contribution in [0.25, 0.3) is 0 Å². The van der Waals surface area contributed by atoms with Crippen LogP contribution in [0.1, 0.15) is 40.5 Å². The molecule has 0 aliphatic carbocycles. The normalized spacial score (nSPS) is 32.3. The van der Waals surface area contributed by atoms with E-state index < -0.39 is 5.60 Å². The Hall–Kier alpha value is -0.650. The summed E-state index contributed by atoms with van der Waals surface area (Å²) in [7, 11) is 2.14. The van der Waals surface area contributed by atoms with Gasteiger partial charge in [-0.3, -0.25) is 9.69 Å². The minimum absolute atomic E-state index is 0.189. The fraction of sp³-hybridized carbons (Fsp3) is 0.941. The molecule has 0 unspecified atom stereocenters. The lowest BCUT2D eigenvalue weighted by molar-refractivity contribution is -0.142. The van der Waals surface area contributed by atoms with Crippen LogP contribution < -0.4 is 0 Å². The SMILES string of the molecule is C[C@@H]1CN(CC(C)(C)O)CCN1C(=O)[C@H]1CCN(C)[C@@H](C)C1. The molecule has 128 valence electrons. The molecule has 1 N–H and O–H groups in total. The second kappa shape index (κ2) is 6.85. The van der Waals surface area contributed by atoms with Gasteiger partial charge in [-0.25, -0.2) is 0 Å². The molecule has 2 heterocycles. The Morgan fingerprint density at radius 3 is 2.41 bits per heavy atom.